The van der Waals surface area contributed by atoms with Crippen molar-refractivity contribution in [1.82, 2.24) is 5.06 Å². The Morgan fingerprint density at radius 3 is 2.80 bits per heavy atom. The van der Waals surface area contributed by atoms with Crippen LogP contribution in [0, 0.1) is 10.8 Å². The molecule has 0 rings (SSSR count). The Balaban J connectivity index is 3.78. The summed E-state index contributed by atoms with van der Waals surface area (Å²) in [7, 11) is 0. The van der Waals surface area contributed by atoms with Crippen molar-refractivity contribution in [1.29, 1.82) is 0 Å². The van der Waals surface area contributed by atoms with Gasteiger partial charge in [0.15, 0.2) is 0 Å². The molecule has 0 saturated carbocycles. The fourth-order valence-corrected chi connectivity index (χ4v) is 0.588. The number of carbonyl (C=O) groups is 1. The summed E-state index contributed by atoms with van der Waals surface area (Å²) in [6.07, 6.45) is 0.714. The van der Waals surface area contributed by atoms with Crippen LogP contribution in [0.4, 0.5) is 0 Å². The molecule has 0 radical (unpaired) electrons. The highest BCUT2D eigenvalue weighted by Gasteiger charge is 2.03. The summed E-state index contributed by atoms with van der Waals surface area (Å²) < 4.78 is 0. The van der Waals surface area contributed by atoms with Crippen molar-refractivity contribution in [2.45, 2.75) is 13.3 Å². The van der Waals surface area contributed by atoms with E-state index in [1.165, 1.54) is 0 Å². The van der Waals surface area contributed by atoms with E-state index in [2.05, 4.69) is 26.7 Å². The summed E-state index contributed by atoms with van der Waals surface area (Å²) >= 11 is 2.75. The Bertz CT molecular complexity index is 170. The molecule has 0 aliphatic rings. The van der Waals surface area contributed by atoms with Gasteiger partial charge in [-0.2, -0.15) is 0 Å². The summed E-state index contributed by atoms with van der Waals surface area (Å²) in [5.74, 6) is 1.55. The molecule has 56 valence electrons. The molecule has 0 aromatic heterocycles. The largest absolute Gasteiger partial charge is 0.322 e. The van der Waals surface area contributed by atoms with E-state index in [-0.39, 0.29) is 0 Å². The molecule has 3 nitrogen and oxygen atoms in total. The fourth-order valence-electron chi connectivity index (χ4n) is 0.418. The number of hydroxylamine groups is 2. The highest BCUT2D eigenvalue weighted by Crippen LogP contribution is 1.86. The monoisotopic (exact) mass is 205 g/mol. The van der Waals surface area contributed by atoms with Gasteiger partial charge in [0, 0.05) is 28.4 Å². The van der Waals surface area contributed by atoms with E-state index < -0.39 is 5.91 Å². The fraction of sp³-hybridized carbons (Fsp3) is 0.500. The molecule has 0 heterocycles. The van der Waals surface area contributed by atoms with Gasteiger partial charge in [-0.1, -0.05) is 6.92 Å². The van der Waals surface area contributed by atoms with E-state index in [0.29, 0.717) is 18.0 Å². The zero-order valence-corrected chi connectivity index (χ0v) is 7.18. The summed E-state index contributed by atoms with van der Waals surface area (Å²) in [6.45, 7) is 2.18. The zero-order chi connectivity index (χ0) is 7.98. The highest BCUT2D eigenvalue weighted by molar-refractivity contribution is 9.12. The van der Waals surface area contributed by atoms with Crippen molar-refractivity contribution in [2.24, 2.45) is 0 Å². The van der Waals surface area contributed by atoms with Crippen LogP contribution in [0.15, 0.2) is 0 Å². The third kappa shape index (κ3) is 3.49. The smallest absolute Gasteiger partial charge is 0.285 e. The molecule has 0 spiro atoms. The van der Waals surface area contributed by atoms with Gasteiger partial charge in [-0.05, 0) is 11.3 Å². The van der Waals surface area contributed by atoms with Gasteiger partial charge in [-0.15, -0.1) is 0 Å². The van der Waals surface area contributed by atoms with E-state index in [0.717, 1.165) is 0 Å². The van der Waals surface area contributed by atoms with Crippen molar-refractivity contribution in [3.05, 3.63) is 0 Å². The quantitative estimate of drug-likeness (QED) is 0.415. The van der Waals surface area contributed by atoms with Gasteiger partial charge < -0.3 is 0 Å². The van der Waals surface area contributed by atoms with Gasteiger partial charge >= 0.3 is 5.91 Å². The molecule has 1 amide bonds. The lowest BCUT2D eigenvalue weighted by atomic mass is 10.4. The molecule has 0 aromatic carbocycles. The van der Waals surface area contributed by atoms with Crippen LogP contribution in [0.3, 0.4) is 0 Å². The van der Waals surface area contributed by atoms with Crippen molar-refractivity contribution in [3.8, 4) is 10.8 Å². The van der Waals surface area contributed by atoms with Gasteiger partial charge in [0.1, 0.15) is 0 Å². The van der Waals surface area contributed by atoms with Crippen LogP contribution in [0.2, 0.25) is 0 Å². The Kier molecular flexibility index (Phi) is 4.99. The number of carbonyl (C=O) groups excluding carboxylic acids is 1. The predicted molar refractivity (Wildman–Crippen MR) is 40.5 cm³/mol. The molecule has 0 unspecified atom stereocenters. The number of hydrogen-bond donors (Lipinski definition) is 1. The normalized spacial score (nSPS) is 7.90. The van der Waals surface area contributed by atoms with Crippen LogP contribution >= 0.6 is 15.9 Å². The number of rotatable bonds is 2. The number of amides is 1. The molecule has 10 heavy (non-hydrogen) atoms. The number of nitrogens with zero attached hydrogens (tertiary/aromatic N) is 1. The predicted octanol–water partition coefficient (Wildman–Crippen LogP) is 0.970. The maximum absolute atomic E-state index is 10.6. The first kappa shape index (κ1) is 9.47. The van der Waals surface area contributed by atoms with Crippen LogP contribution in [0.1, 0.15) is 13.3 Å². The lowest BCUT2D eigenvalue weighted by Gasteiger charge is -2.08. The summed E-state index contributed by atoms with van der Waals surface area (Å²) in [4.78, 5) is 12.8. The maximum atomic E-state index is 10.6. The Morgan fingerprint density at radius 1 is 1.80 bits per heavy atom. The van der Waals surface area contributed by atoms with E-state index in [9.17, 15) is 4.79 Å². The topological polar surface area (TPSA) is 40.5 Å². The van der Waals surface area contributed by atoms with Crippen molar-refractivity contribution in [3.63, 3.8) is 0 Å². The second kappa shape index (κ2) is 5.27. The van der Waals surface area contributed by atoms with Crippen LogP contribution < -0.4 is 0 Å². The Morgan fingerprint density at radius 2 is 2.40 bits per heavy atom. The molecule has 0 bridgehead atoms. The summed E-state index contributed by atoms with van der Waals surface area (Å²) in [5.41, 5.74) is 0. The molecule has 1 N–H and O–H groups in total. The average molecular weight is 206 g/mol. The van der Waals surface area contributed by atoms with E-state index in [1.807, 2.05) is 6.92 Å². The first-order chi connectivity index (χ1) is 4.72. The minimum Gasteiger partial charge on any atom is -0.285 e. The molecule has 0 aliphatic heterocycles. The van der Waals surface area contributed by atoms with Crippen LogP contribution in [-0.2, 0) is 4.79 Å². The first-order valence-corrected chi connectivity index (χ1v) is 3.63. The van der Waals surface area contributed by atoms with Gasteiger partial charge in [-0.3, -0.25) is 10.0 Å². The van der Waals surface area contributed by atoms with E-state index in [4.69, 9.17) is 5.21 Å². The molecule has 0 fully saturated rings. The van der Waals surface area contributed by atoms with E-state index >= 15 is 0 Å². The van der Waals surface area contributed by atoms with Gasteiger partial charge in [0.25, 0.3) is 0 Å². The number of hydrogen-bond acceptors (Lipinski definition) is 2. The third-order valence-corrected chi connectivity index (χ3v) is 1.02. The summed E-state index contributed by atoms with van der Waals surface area (Å²) in [6, 6.07) is 0. The molecular formula is C6H8BrNO2. The SMILES string of the molecule is CCCN(O)C(=O)C#CBr. The van der Waals surface area contributed by atoms with Gasteiger partial charge in [-0.25, -0.2) is 5.06 Å². The zero-order valence-electron chi connectivity index (χ0n) is 5.59. The molecule has 0 atom stereocenters. The molecule has 4 heteroatoms. The minimum absolute atomic E-state index is 0.320. The molecule has 0 saturated heterocycles. The van der Waals surface area contributed by atoms with Crippen molar-refractivity contribution < 1.29 is 10.0 Å². The lowest BCUT2D eigenvalue weighted by Crippen LogP contribution is -2.26. The van der Waals surface area contributed by atoms with Crippen LogP contribution in [-0.4, -0.2) is 22.7 Å². The number of halogens is 1. The van der Waals surface area contributed by atoms with Crippen LogP contribution in [0.25, 0.3) is 0 Å². The van der Waals surface area contributed by atoms with E-state index in [1.54, 1.807) is 0 Å². The maximum Gasteiger partial charge on any atom is 0.322 e. The van der Waals surface area contributed by atoms with Gasteiger partial charge in [0.05, 0.1) is 0 Å². The third-order valence-electron chi connectivity index (χ3n) is 0.824. The minimum atomic E-state index is -0.585. The Hall–Kier alpha value is -0.530. The standard InChI is InChI=1S/C6H8BrNO2/c1-2-5-8(10)6(9)3-4-7/h10H,2,5H2,1H3. The van der Waals surface area contributed by atoms with Gasteiger partial charge in [0.2, 0.25) is 0 Å². The van der Waals surface area contributed by atoms with Crippen LogP contribution in [0.5, 0.6) is 0 Å². The second-order valence-electron chi connectivity index (χ2n) is 1.65. The summed E-state index contributed by atoms with van der Waals surface area (Å²) in [5, 5.41) is 9.40. The Labute approximate surface area is 68.1 Å². The van der Waals surface area contributed by atoms with Crippen molar-refractivity contribution >= 4 is 21.8 Å². The first-order valence-electron chi connectivity index (χ1n) is 2.84. The van der Waals surface area contributed by atoms with Crippen molar-refractivity contribution in [2.75, 3.05) is 6.54 Å². The average Bonchev–Trinajstić information content (AvgIpc) is 1.89. The highest BCUT2D eigenvalue weighted by atomic mass is 79.9. The second-order valence-corrected chi connectivity index (χ2v) is 2.04. The molecule has 0 aliphatic carbocycles. The molecular weight excluding hydrogens is 198 g/mol. The lowest BCUT2D eigenvalue weighted by molar-refractivity contribution is -0.158. The molecule has 0 aromatic rings.